The summed E-state index contributed by atoms with van der Waals surface area (Å²) in [6, 6.07) is 6.02. The highest BCUT2D eigenvalue weighted by atomic mass is 32.1. The molecule has 8 heteroatoms. The number of urea groups is 1. The lowest BCUT2D eigenvalue weighted by Gasteiger charge is -2.13. The van der Waals surface area contributed by atoms with E-state index in [1.54, 1.807) is 24.5 Å². The fourth-order valence-corrected chi connectivity index (χ4v) is 2.68. The van der Waals surface area contributed by atoms with Crippen LogP contribution in [-0.4, -0.2) is 27.7 Å². The van der Waals surface area contributed by atoms with Crippen LogP contribution in [0.15, 0.2) is 52.7 Å². The lowest BCUT2D eigenvalue weighted by molar-refractivity contribution is 0.215. The summed E-state index contributed by atoms with van der Waals surface area (Å²) in [6.45, 7) is -0.264. The third-order valence-electron chi connectivity index (χ3n) is 3.06. The van der Waals surface area contributed by atoms with Crippen molar-refractivity contribution in [2.45, 2.75) is 6.04 Å². The van der Waals surface area contributed by atoms with Gasteiger partial charge in [-0.1, -0.05) is 0 Å². The average Bonchev–Trinajstić information content (AvgIpc) is 3.25. The van der Waals surface area contributed by atoms with Gasteiger partial charge in [0.1, 0.15) is 11.8 Å². The van der Waals surface area contributed by atoms with Gasteiger partial charge in [0, 0.05) is 23.3 Å². The predicted molar refractivity (Wildman–Crippen MR) is 86.0 cm³/mol. The van der Waals surface area contributed by atoms with Crippen molar-refractivity contribution >= 4 is 22.5 Å². The molecule has 7 nitrogen and oxygen atoms in total. The molecule has 3 aromatic heterocycles. The Morgan fingerprint density at radius 1 is 1.39 bits per heavy atom. The van der Waals surface area contributed by atoms with Gasteiger partial charge in [-0.15, -0.1) is 11.3 Å². The van der Waals surface area contributed by atoms with Crippen LogP contribution < -0.4 is 10.6 Å². The number of hydrogen-bond acceptors (Lipinski definition) is 6. The Labute approximate surface area is 136 Å². The van der Waals surface area contributed by atoms with Crippen molar-refractivity contribution in [2.24, 2.45) is 0 Å². The van der Waals surface area contributed by atoms with Crippen molar-refractivity contribution in [1.82, 2.24) is 15.3 Å². The highest BCUT2D eigenvalue weighted by Crippen LogP contribution is 2.24. The van der Waals surface area contributed by atoms with Crippen molar-refractivity contribution in [2.75, 3.05) is 11.9 Å². The van der Waals surface area contributed by atoms with Crippen molar-refractivity contribution in [1.29, 1.82) is 0 Å². The summed E-state index contributed by atoms with van der Waals surface area (Å²) in [6.07, 6.45) is 4.88. The molecule has 0 aliphatic carbocycles. The first kappa shape index (κ1) is 15.2. The molecule has 0 aliphatic rings. The number of aliphatic hydroxyl groups is 1. The van der Waals surface area contributed by atoms with Gasteiger partial charge in [-0.3, -0.25) is 10.3 Å². The second-order valence-electron chi connectivity index (χ2n) is 4.63. The van der Waals surface area contributed by atoms with Gasteiger partial charge in [0.2, 0.25) is 0 Å². The van der Waals surface area contributed by atoms with Gasteiger partial charge in [0.15, 0.2) is 5.13 Å². The zero-order valence-electron chi connectivity index (χ0n) is 12.0. The Hall–Kier alpha value is -2.71. The number of furan rings is 1. The van der Waals surface area contributed by atoms with Crippen molar-refractivity contribution in [3.8, 4) is 11.3 Å². The molecule has 0 saturated carbocycles. The van der Waals surface area contributed by atoms with Crippen LogP contribution in [0.3, 0.4) is 0 Å². The van der Waals surface area contributed by atoms with E-state index >= 15 is 0 Å². The fourth-order valence-electron chi connectivity index (χ4n) is 1.97. The molecule has 1 unspecified atom stereocenters. The van der Waals surface area contributed by atoms with E-state index in [0.29, 0.717) is 10.9 Å². The maximum absolute atomic E-state index is 12.0. The number of thiazole rings is 1. The first-order valence-corrected chi connectivity index (χ1v) is 7.72. The molecule has 3 rings (SSSR count). The molecule has 0 saturated heterocycles. The third-order valence-corrected chi connectivity index (χ3v) is 3.81. The molecule has 3 aromatic rings. The van der Waals surface area contributed by atoms with Gasteiger partial charge in [-0.2, -0.15) is 0 Å². The summed E-state index contributed by atoms with van der Waals surface area (Å²) in [4.78, 5) is 20.4. The summed E-state index contributed by atoms with van der Waals surface area (Å²) in [5.74, 6) is 0.484. The molecule has 1 atom stereocenters. The van der Waals surface area contributed by atoms with Gasteiger partial charge in [-0.05, 0) is 24.3 Å². The molecule has 0 aromatic carbocycles. The van der Waals surface area contributed by atoms with E-state index in [1.165, 1.54) is 17.6 Å². The lowest BCUT2D eigenvalue weighted by atomic mass is 10.2. The van der Waals surface area contributed by atoms with Crippen LogP contribution >= 0.6 is 11.3 Å². The zero-order valence-corrected chi connectivity index (χ0v) is 12.8. The lowest BCUT2D eigenvalue weighted by Crippen LogP contribution is -2.34. The van der Waals surface area contributed by atoms with Crippen LogP contribution in [0.4, 0.5) is 9.93 Å². The minimum Gasteiger partial charge on any atom is -0.467 e. The standard InChI is InChI=1S/C15H14N4O3S/c20-8-11(13-4-2-6-22-13)17-14(21)19-15-18-12(9-23-15)10-3-1-5-16-7-10/h1-7,9,11,20H,8H2,(H2,17,18,19,21). The monoisotopic (exact) mass is 330 g/mol. The SMILES string of the molecule is O=C(Nc1nc(-c2cccnc2)cs1)NC(CO)c1ccco1. The van der Waals surface area contributed by atoms with Gasteiger partial charge in [0.25, 0.3) is 0 Å². The molecule has 0 radical (unpaired) electrons. The Balaban J connectivity index is 1.63. The van der Waals surface area contributed by atoms with Crippen LogP contribution in [0.25, 0.3) is 11.3 Å². The number of nitrogens with one attached hydrogen (secondary N) is 2. The fraction of sp³-hybridized carbons (Fsp3) is 0.133. The maximum atomic E-state index is 12.0. The molecule has 0 spiro atoms. The number of carbonyl (C=O) groups excluding carboxylic acids is 1. The van der Waals surface area contributed by atoms with Crippen molar-refractivity contribution in [3.05, 3.63) is 54.1 Å². The molecule has 2 amide bonds. The number of aromatic nitrogens is 2. The quantitative estimate of drug-likeness (QED) is 0.668. The van der Waals surface area contributed by atoms with Crippen molar-refractivity contribution < 1.29 is 14.3 Å². The largest absolute Gasteiger partial charge is 0.467 e. The minimum absolute atomic E-state index is 0.264. The molecule has 3 N–H and O–H groups in total. The number of carbonyl (C=O) groups is 1. The molecule has 23 heavy (non-hydrogen) atoms. The average molecular weight is 330 g/mol. The normalized spacial score (nSPS) is 11.9. The molecule has 0 fully saturated rings. The maximum Gasteiger partial charge on any atom is 0.321 e. The Morgan fingerprint density at radius 2 is 2.30 bits per heavy atom. The van der Waals surface area contributed by atoms with Crippen LogP contribution in [-0.2, 0) is 0 Å². The van der Waals surface area contributed by atoms with Crippen LogP contribution in [0, 0.1) is 0 Å². The number of nitrogens with zero attached hydrogens (tertiary/aromatic N) is 2. The smallest absolute Gasteiger partial charge is 0.321 e. The van der Waals surface area contributed by atoms with Crippen LogP contribution in [0.2, 0.25) is 0 Å². The number of rotatable bonds is 5. The summed E-state index contributed by atoms with van der Waals surface area (Å²) in [5, 5.41) is 16.9. The van der Waals surface area contributed by atoms with E-state index in [-0.39, 0.29) is 6.61 Å². The minimum atomic E-state index is -0.609. The molecule has 0 aliphatic heterocycles. The van der Waals surface area contributed by atoms with E-state index < -0.39 is 12.1 Å². The highest BCUT2D eigenvalue weighted by molar-refractivity contribution is 7.14. The number of hydrogen-bond donors (Lipinski definition) is 3. The zero-order chi connectivity index (χ0) is 16.1. The Morgan fingerprint density at radius 3 is 3.00 bits per heavy atom. The second-order valence-corrected chi connectivity index (χ2v) is 5.49. The summed E-state index contributed by atoms with van der Waals surface area (Å²) in [7, 11) is 0. The van der Waals surface area contributed by atoms with Crippen molar-refractivity contribution in [3.63, 3.8) is 0 Å². The van der Waals surface area contributed by atoms with E-state index in [2.05, 4.69) is 20.6 Å². The first-order chi connectivity index (χ1) is 11.3. The first-order valence-electron chi connectivity index (χ1n) is 6.84. The number of pyridine rings is 1. The van der Waals surface area contributed by atoms with Gasteiger partial charge in [-0.25, -0.2) is 9.78 Å². The van der Waals surface area contributed by atoms with Gasteiger partial charge in [0.05, 0.1) is 18.6 Å². The Bertz CT molecular complexity index is 758. The van der Waals surface area contributed by atoms with E-state index in [0.717, 1.165) is 11.3 Å². The molecular weight excluding hydrogens is 316 g/mol. The van der Waals surface area contributed by atoms with Gasteiger partial charge < -0.3 is 14.8 Å². The number of amides is 2. The number of aliphatic hydroxyl groups excluding tert-OH is 1. The summed E-state index contributed by atoms with van der Waals surface area (Å²) < 4.78 is 5.18. The Kier molecular flexibility index (Phi) is 4.65. The molecular formula is C15H14N4O3S. The molecule has 3 heterocycles. The van der Waals surface area contributed by atoms with Crippen LogP contribution in [0.1, 0.15) is 11.8 Å². The van der Waals surface area contributed by atoms with E-state index in [9.17, 15) is 9.90 Å². The third kappa shape index (κ3) is 3.74. The topological polar surface area (TPSA) is 100 Å². The van der Waals surface area contributed by atoms with E-state index in [1.807, 2.05) is 17.5 Å². The second kappa shape index (κ2) is 7.03. The van der Waals surface area contributed by atoms with E-state index in [4.69, 9.17) is 4.42 Å². The number of anilines is 1. The van der Waals surface area contributed by atoms with Crippen LogP contribution in [0.5, 0.6) is 0 Å². The molecule has 0 bridgehead atoms. The van der Waals surface area contributed by atoms with Gasteiger partial charge >= 0.3 is 6.03 Å². The summed E-state index contributed by atoms with van der Waals surface area (Å²) in [5.41, 5.74) is 1.61. The molecule has 118 valence electrons. The predicted octanol–water partition coefficient (Wildman–Crippen LogP) is 2.65. The highest BCUT2D eigenvalue weighted by Gasteiger charge is 2.17. The summed E-state index contributed by atoms with van der Waals surface area (Å²) >= 11 is 1.31.